The van der Waals surface area contributed by atoms with Crippen LogP contribution in [0.15, 0.2) is 17.2 Å². The summed E-state index contributed by atoms with van der Waals surface area (Å²) in [6.07, 6.45) is 7.01. The third kappa shape index (κ3) is 3.84. The Morgan fingerprint density at radius 1 is 1.48 bits per heavy atom. The van der Waals surface area contributed by atoms with Crippen LogP contribution in [-0.4, -0.2) is 35.2 Å². The van der Waals surface area contributed by atoms with Gasteiger partial charge in [-0.3, -0.25) is 4.79 Å². The molecule has 0 amide bonds. The second kappa shape index (κ2) is 7.59. The van der Waals surface area contributed by atoms with Crippen LogP contribution in [0.4, 0.5) is 5.82 Å². The third-order valence-corrected chi connectivity index (χ3v) is 4.42. The summed E-state index contributed by atoms with van der Waals surface area (Å²) >= 11 is 0. The van der Waals surface area contributed by atoms with Crippen molar-refractivity contribution in [3.05, 3.63) is 22.7 Å². The minimum absolute atomic E-state index is 0.0369. The standard InChI is InChI=1S/C16H28N4O/c1-4-8-17-13(3)14-7-6-10-20(12-14)15-16(21)19(5-2)11-9-18-15/h9,11,13-14,17H,4-8,10,12H2,1-3H3. The Hall–Kier alpha value is -1.36. The number of aromatic nitrogens is 2. The van der Waals surface area contributed by atoms with Crippen molar-refractivity contribution in [3.8, 4) is 0 Å². The summed E-state index contributed by atoms with van der Waals surface area (Å²) in [6.45, 7) is 10.0. The van der Waals surface area contributed by atoms with Gasteiger partial charge in [0, 0.05) is 38.1 Å². The average molecular weight is 292 g/mol. The van der Waals surface area contributed by atoms with E-state index in [4.69, 9.17) is 0 Å². The van der Waals surface area contributed by atoms with E-state index in [1.165, 1.54) is 6.42 Å². The first-order valence-electron chi connectivity index (χ1n) is 8.21. The number of hydrogen-bond acceptors (Lipinski definition) is 4. The molecule has 0 saturated carbocycles. The van der Waals surface area contributed by atoms with Crippen molar-refractivity contribution in [2.75, 3.05) is 24.5 Å². The lowest BCUT2D eigenvalue weighted by Crippen LogP contribution is -2.46. The molecule has 1 aromatic heterocycles. The van der Waals surface area contributed by atoms with E-state index in [1.807, 2.05) is 6.92 Å². The van der Waals surface area contributed by atoms with E-state index in [1.54, 1.807) is 17.0 Å². The number of rotatable bonds is 6. The molecule has 0 radical (unpaired) electrons. The highest BCUT2D eigenvalue weighted by Gasteiger charge is 2.26. The molecule has 0 aliphatic carbocycles. The third-order valence-electron chi connectivity index (χ3n) is 4.42. The molecule has 1 aromatic rings. The molecule has 2 heterocycles. The first-order valence-corrected chi connectivity index (χ1v) is 8.21. The van der Waals surface area contributed by atoms with Crippen molar-refractivity contribution in [1.29, 1.82) is 0 Å². The van der Waals surface area contributed by atoms with Crippen LogP contribution in [-0.2, 0) is 6.54 Å². The van der Waals surface area contributed by atoms with Gasteiger partial charge in [-0.1, -0.05) is 6.92 Å². The largest absolute Gasteiger partial charge is 0.352 e. The fraction of sp³-hybridized carbons (Fsp3) is 0.750. The van der Waals surface area contributed by atoms with E-state index in [2.05, 4.69) is 29.0 Å². The highest BCUT2D eigenvalue weighted by Crippen LogP contribution is 2.22. The van der Waals surface area contributed by atoms with Crippen LogP contribution in [0.2, 0.25) is 0 Å². The monoisotopic (exact) mass is 292 g/mol. The Bertz CT molecular complexity index is 499. The molecule has 1 aliphatic rings. The second-order valence-electron chi connectivity index (χ2n) is 5.93. The molecule has 2 unspecified atom stereocenters. The van der Waals surface area contributed by atoms with Gasteiger partial charge in [0.25, 0.3) is 5.56 Å². The Balaban J connectivity index is 2.09. The Labute approximate surface area is 127 Å². The van der Waals surface area contributed by atoms with E-state index in [-0.39, 0.29) is 5.56 Å². The maximum absolute atomic E-state index is 12.4. The molecule has 5 nitrogen and oxygen atoms in total. The van der Waals surface area contributed by atoms with Crippen molar-refractivity contribution in [1.82, 2.24) is 14.9 Å². The van der Waals surface area contributed by atoms with Gasteiger partial charge in [0.05, 0.1) is 0 Å². The Kier molecular flexibility index (Phi) is 5.79. The predicted molar refractivity (Wildman–Crippen MR) is 86.9 cm³/mol. The topological polar surface area (TPSA) is 50.2 Å². The van der Waals surface area contributed by atoms with Crippen LogP contribution in [0.25, 0.3) is 0 Å². The highest BCUT2D eigenvalue weighted by atomic mass is 16.1. The predicted octanol–water partition coefficient (Wildman–Crippen LogP) is 1.87. The molecular weight excluding hydrogens is 264 g/mol. The summed E-state index contributed by atoms with van der Waals surface area (Å²) in [6, 6.07) is 0.491. The SMILES string of the molecule is CCCNC(C)C1CCCN(c2nccn(CC)c2=O)C1. The maximum atomic E-state index is 12.4. The van der Waals surface area contributed by atoms with E-state index < -0.39 is 0 Å². The summed E-state index contributed by atoms with van der Waals surface area (Å²) in [4.78, 5) is 18.9. The molecule has 21 heavy (non-hydrogen) atoms. The van der Waals surface area contributed by atoms with Gasteiger partial charge in [0.15, 0.2) is 5.82 Å². The first kappa shape index (κ1) is 16.0. The van der Waals surface area contributed by atoms with Crippen LogP contribution in [0.1, 0.15) is 40.0 Å². The van der Waals surface area contributed by atoms with E-state index in [0.717, 1.165) is 32.5 Å². The number of nitrogens with one attached hydrogen (secondary N) is 1. The molecule has 2 atom stereocenters. The zero-order valence-electron chi connectivity index (χ0n) is 13.5. The van der Waals surface area contributed by atoms with Gasteiger partial charge in [-0.15, -0.1) is 0 Å². The minimum Gasteiger partial charge on any atom is -0.352 e. The molecule has 1 saturated heterocycles. The van der Waals surface area contributed by atoms with Crippen molar-refractivity contribution in [3.63, 3.8) is 0 Å². The fourth-order valence-corrected chi connectivity index (χ4v) is 3.05. The molecule has 0 bridgehead atoms. The zero-order valence-corrected chi connectivity index (χ0v) is 13.5. The molecule has 1 N–H and O–H groups in total. The number of nitrogens with zero attached hydrogens (tertiary/aromatic N) is 3. The number of piperidine rings is 1. The van der Waals surface area contributed by atoms with Crippen molar-refractivity contribution < 1.29 is 0 Å². The lowest BCUT2D eigenvalue weighted by Gasteiger charge is -2.36. The van der Waals surface area contributed by atoms with Crippen LogP contribution in [0.5, 0.6) is 0 Å². The summed E-state index contributed by atoms with van der Waals surface area (Å²) in [5, 5.41) is 3.58. The van der Waals surface area contributed by atoms with Crippen LogP contribution in [0, 0.1) is 5.92 Å². The normalized spacial score (nSPS) is 20.5. The van der Waals surface area contributed by atoms with Gasteiger partial charge in [-0.2, -0.15) is 0 Å². The molecule has 0 spiro atoms. The van der Waals surface area contributed by atoms with Gasteiger partial charge in [0.1, 0.15) is 0 Å². The molecule has 1 fully saturated rings. The van der Waals surface area contributed by atoms with Crippen molar-refractivity contribution in [2.24, 2.45) is 5.92 Å². The molecule has 5 heteroatoms. The molecule has 1 aliphatic heterocycles. The lowest BCUT2D eigenvalue weighted by molar-refractivity contribution is 0.319. The van der Waals surface area contributed by atoms with Crippen LogP contribution in [0.3, 0.4) is 0 Å². The summed E-state index contributed by atoms with van der Waals surface area (Å²) in [5.41, 5.74) is 0.0369. The lowest BCUT2D eigenvalue weighted by atomic mass is 9.91. The summed E-state index contributed by atoms with van der Waals surface area (Å²) < 4.78 is 1.73. The first-order chi connectivity index (χ1) is 10.2. The fourth-order valence-electron chi connectivity index (χ4n) is 3.05. The Morgan fingerprint density at radius 3 is 3.00 bits per heavy atom. The number of aryl methyl sites for hydroxylation is 1. The quantitative estimate of drug-likeness (QED) is 0.869. The van der Waals surface area contributed by atoms with Gasteiger partial charge in [0.2, 0.25) is 0 Å². The summed E-state index contributed by atoms with van der Waals surface area (Å²) in [5.74, 6) is 1.20. The van der Waals surface area contributed by atoms with Gasteiger partial charge < -0.3 is 14.8 Å². The van der Waals surface area contributed by atoms with Gasteiger partial charge in [-0.25, -0.2) is 4.98 Å². The zero-order chi connectivity index (χ0) is 15.2. The second-order valence-corrected chi connectivity index (χ2v) is 5.93. The Morgan fingerprint density at radius 2 is 2.29 bits per heavy atom. The smallest absolute Gasteiger partial charge is 0.293 e. The van der Waals surface area contributed by atoms with E-state index in [0.29, 0.717) is 24.3 Å². The molecule has 0 aromatic carbocycles. The van der Waals surface area contributed by atoms with Crippen LogP contribution >= 0.6 is 0 Å². The minimum atomic E-state index is 0.0369. The summed E-state index contributed by atoms with van der Waals surface area (Å²) in [7, 11) is 0. The van der Waals surface area contributed by atoms with Crippen LogP contribution < -0.4 is 15.8 Å². The van der Waals surface area contributed by atoms with Crippen molar-refractivity contribution in [2.45, 2.75) is 52.6 Å². The average Bonchev–Trinajstić information content (AvgIpc) is 2.53. The maximum Gasteiger partial charge on any atom is 0.293 e. The number of anilines is 1. The van der Waals surface area contributed by atoms with Gasteiger partial charge in [-0.05, 0) is 45.6 Å². The van der Waals surface area contributed by atoms with Gasteiger partial charge >= 0.3 is 0 Å². The molecular formula is C16H28N4O. The molecule has 118 valence electrons. The molecule has 2 rings (SSSR count). The number of hydrogen-bond donors (Lipinski definition) is 1. The van der Waals surface area contributed by atoms with Crippen molar-refractivity contribution >= 4 is 5.82 Å². The highest BCUT2D eigenvalue weighted by molar-refractivity contribution is 5.36. The van der Waals surface area contributed by atoms with E-state index in [9.17, 15) is 4.79 Å². The van der Waals surface area contributed by atoms with E-state index >= 15 is 0 Å².